The molecule has 1 amide bonds. The maximum atomic E-state index is 11.5. The molecule has 0 aliphatic heterocycles. The molecule has 0 spiro atoms. The van der Waals surface area contributed by atoms with Gasteiger partial charge in [0.25, 0.3) is 0 Å². The number of nitrogens with one attached hydrogen (secondary N) is 1. The van der Waals surface area contributed by atoms with E-state index < -0.39 is 5.54 Å². The molecule has 1 rings (SSSR count). The molecule has 13 heavy (non-hydrogen) atoms. The first-order valence-corrected chi connectivity index (χ1v) is 4.79. The summed E-state index contributed by atoms with van der Waals surface area (Å²) >= 11 is 0. The highest BCUT2D eigenvalue weighted by Gasteiger charge is 2.40. The van der Waals surface area contributed by atoms with Crippen molar-refractivity contribution in [2.24, 2.45) is 5.73 Å². The van der Waals surface area contributed by atoms with Crippen LogP contribution in [-0.2, 0) is 4.79 Å². The number of hydrogen-bond donors (Lipinski definition) is 3. The molecule has 0 saturated heterocycles. The van der Waals surface area contributed by atoms with Crippen LogP contribution in [0.25, 0.3) is 0 Å². The van der Waals surface area contributed by atoms with E-state index in [2.05, 4.69) is 5.32 Å². The van der Waals surface area contributed by atoms with E-state index in [0.717, 1.165) is 19.3 Å². The van der Waals surface area contributed by atoms with Crippen LogP contribution in [0.1, 0.15) is 32.6 Å². The molecule has 1 saturated carbocycles. The molecule has 0 heterocycles. The third-order valence-electron chi connectivity index (χ3n) is 2.64. The first-order chi connectivity index (χ1) is 6.08. The fourth-order valence-corrected chi connectivity index (χ4v) is 1.42. The van der Waals surface area contributed by atoms with E-state index in [1.54, 1.807) is 0 Å². The first kappa shape index (κ1) is 10.5. The lowest BCUT2D eigenvalue weighted by Gasteiger charge is -2.37. The summed E-state index contributed by atoms with van der Waals surface area (Å²) in [7, 11) is 0. The maximum Gasteiger partial charge on any atom is 0.240 e. The fourth-order valence-electron chi connectivity index (χ4n) is 1.42. The zero-order chi connectivity index (χ0) is 9.90. The lowest BCUT2D eigenvalue weighted by molar-refractivity contribution is -0.129. The van der Waals surface area contributed by atoms with Crippen molar-refractivity contribution in [2.45, 2.75) is 44.2 Å². The van der Waals surface area contributed by atoms with Gasteiger partial charge in [-0.1, -0.05) is 0 Å². The SMILES string of the molecule is CC(CCO)NC(=O)C1(N)CCC1. The van der Waals surface area contributed by atoms with E-state index in [4.69, 9.17) is 10.8 Å². The third-order valence-corrected chi connectivity index (χ3v) is 2.64. The average Bonchev–Trinajstić information content (AvgIpc) is 2.00. The molecule has 76 valence electrons. The van der Waals surface area contributed by atoms with Crippen molar-refractivity contribution >= 4 is 5.91 Å². The molecule has 4 nitrogen and oxygen atoms in total. The summed E-state index contributed by atoms with van der Waals surface area (Å²) in [6.07, 6.45) is 3.19. The van der Waals surface area contributed by atoms with Gasteiger partial charge >= 0.3 is 0 Å². The highest BCUT2D eigenvalue weighted by Crippen LogP contribution is 2.29. The van der Waals surface area contributed by atoms with Crippen molar-refractivity contribution in [1.29, 1.82) is 0 Å². The van der Waals surface area contributed by atoms with Crippen LogP contribution in [0.3, 0.4) is 0 Å². The monoisotopic (exact) mass is 186 g/mol. The van der Waals surface area contributed by atoms with Crippen molar-refractivity contribution in [3.63, 3.8) is 0 Å². The predicted molar refractivity (Wildman–Crippen MR) is 50.1 cm³/mol. The second-order valence-electron chi connectivity index (χ2n) is 3.90. The lowest BCUT2D eigenvalue weighted by Crippen LogP contribution is -2.59. The van der Waals surface area contributed by atoms with Gasteiger partial charge in [0.2, 0.25) is 5.91 Å². The van der Waals surface area contributed by atoms with E-state index in [0.29, 0.717) is 6.42 Å². The van der Waals surface area contributed by atoms with Crippen LogP contribution in [0.4, 0.5) is 0 Å². The van der Waals surface area contributed by atoms with Crippen molar-refractivity contribution in [1.82, 2.24) is 5.32 Å². The molecule has 1 fully saturated rings. The summed E-state index contributed by atoms with van der Waals surface area (Å²) in [5.74, 6) is -0.0697. The standard InChI is InChI=1S/C9H18N2O2/c1-7(3-6-12)11-8(13)9(10)4-2-5-9/h7,12H,2-6,10H2,1H3,(H,11,13). The van der Waals surface area contributed by atoms with Crippen molar-refractivity contribution in [3.05, 3.63) is 0 Å². The molecule has 0 bridgehead atoms. The van der Waals surface area contributed by atoms with Crippen LogP contribution in [-0.4, -0.2) is 29.2 Å². The Morgan fingerprint density at radius 2 is 2.31 bits per heavy atom. The quantitative estimate of drug-likeness (QED) is 0.567. The normalized spacial score (nSPS) is 21.8. The first-order valence-electron chi connectivity index (χ1n) is 4.79. The Bertz CT molecular complexity index is 190. The molecule has 1 unspecified atom stereocenters. The number of hydrogen-bond acceptors (Lipinski definition) is 3. The second-order valence-corrected chi connectivity index (χ2v) is 3.90. The molecule has 1 aliphatic carbocycles. The van der Waals surface area contributed by atoms with Crippen molar-refractivity contribution in [3.8, 4) is 0 Å². The maximum absolute atomic E-state index is 11.5. The number of aliphatic hydroxyl groups is 1. The average molecular weight is 186 g/mol. The molecular weight excluding hydrogens is 168 g/mol. The molecule has 0 aromatic heterocycles. The van der Waals surface area contributed by atoms with Crippen LogP contribution in [0.2, 0.25) is 0 Å². The Labute approximate surface area is 78.5 Å². The Hall–Kier alpha value is -0.610. The minimum absolute atomic E-state index is 0.0125. The van der Waals surface area contributed by atoms with Gasteiger partial charge in [-0.15, -0.1) is 0 Å². The summed E-state index contributed by atoms with van der Waals surface area (Å²) in [5, 5.41) is 11.4. The third kappa shape index (κ3) is 2.42. The van der Waals surface area contributed by atoms with Gasteiger partial charge in [0.1, 0.15) is 0 Å². The molecule has 0 aromatic carbocycles. The van der Waals surface area contributed by atoms with Gasteiger partial charge in [0.05, 0.1) is 5.54 Å². The van der Waals surface area contributed by atoms with Crippen molar-refractivity contribution in [2.75, 3.05) is 6.61 Å². The highest BCUT2D eigenvalue weighted by atomic mass is 16.3. The number of amides is 1. The highest BCUT2D eigenvalue weighted by molar-refractivity contribution is 5.87. The molecule has 1 aliphatic rings. The van der Waals surface area contributed by atoms with Gasteiger partial charge in [0.15, 0.2) is 0 Å². The van der Waals surface area contributed by atoms with Gasteiger partial charge in [0, 0.05) is 12.6 Å². The minimum Gasteiger partial charge on any atom is -0.396 e. The van der Waals surface area contributed by atoms with E-state index in [1.165, 1.54) is 0 Å². The number of nitrogens with two attached hydrogens (primary N) is 1. The number of rotatable bonds is 4. The Kier molecular flexibility index (Phi) is 3.27. The van der Waals surface area contributed by atoms with Gasteiger partial charge in [-0.2, -0.15) is 0 Å². The molecular formula is C9H18N2O2. The summed E-state index contributed by atoms with van der Waals surface area (Å²) in [6.45, 7) is 1.97. The van der Waals surface area contributed by atoms with E-state index >= 15 is 0 Å². The zero-order valence-electron chi connectivity index (χ0n) is 8.05. The van der Waals surface area contributed by atoms with E-state index in [9.17, 15) is 4.79 Å². The molecule has 4 N–H and O–H groups in total. The van der Waals surface area contributed by atoms with E-state index in [-0.39, 0.29) is 18.6 Å². The predicted octanol–water partition coefficient (Wildman–Crippen LogP) is -0.245. The Balaban J connectivity index is 2.32. The number of aliphatic hydroxyl groups excluding tert-OH is 1. The van der Waals surface area contributed by atoms with Crippen LogP contribution in [0, 0.1) is 0 Å². The fraction of sp³-hybridized carbons (Fsp3) is 0.889. The molecule has 0 aromatic rings. The Morgan fingerprint density at radius 3 is 2.69 bits per heavy atom. The van der Waals surface area contributed by atoms with Gasteiger partial charge in [-0.25, -0.2) is 0 Å². The zero-order valence-corrected chi connectivity index (χ0v) is 8.05. The number of carbonyl (C=O) groups is 1. The number of carbonyl (C=O) groups excluding carboxylic acids is 1. The van der Waals surface area contributed by atoms with Crippen LogP contribution >= 0.6 is 0 Å². The van der Waals surface area contributed by atoms with Crippen molar-refractivity contribution < 1.29 is 9.90 Å². The van der Waals surface area contributed by atoms with Gasteiger partial charge < -0.3 is 16.2 Å². The second kappa shape index (κ2) is 4.07. The smallest absolute Gasteiger partial charge is 0.240 e. The molecule has 1 atom stereocenters. The summed E-state index contributed by atoms with van der Waals surface area (Å²) in [4.78, 5) is 11.5. The topological polar surface area (TPSA) is 75.3 Å². The Morgan fingerprint density at radius 1 is 1.69 bits per heavy atom. The van der Waals surface area contributed by atoms with Crippen LogP contribution < -0.4 is 11.1 Å². The van der Waals surface area contributed by atoms with Crippen LogP contribution in [0.5, 0.6) is 0 Å². The molecule has 0 radical (unpaired) electrons. The largest absolute Gasteiger partial charge is 0.396 e. The summed E-state index contributed by atoms with van der Waals surface area (Å²) in [5.41, 5.74) is 5.19. The summed E-state index contributed by atoms with van der Waals surface area (Å²) in [6, 6.07) is 0.0125. The van der Waals surface area contributed by atoms with Crippen LogP contribution in [0.15, 0.2) is 0 Å². The van der Waals surface area contributed by atoms with Gasteiger partial charge in [-0.05, 0) is 32.6 Å². The van der Waals surface area contributed by atoms with Gasteiger partial charge in [-0.3, -0.25) is 4.79 Å². The van der Waals surface area contributed by atoms with E-state index in [1.807, 2.05) is 6.92 Å². The molecule has 4 heteroatoms. The lowest BCUT2D eigenvalue weighted by atomic mass is 9.77. The summed E-state index contributed by atoms with van der Waals surface area (Å²) < 4.78 is 0. The minimum atomic E-state index is -0.621.